The van der Waals surface area contributed by atoms with E-state index < -0.39 is 17.1 Å². The molecule has 2 N–H and O–H groups in total. The molecule has 0 aliphatic rings. The predicted octanol–water partition coefficient (Wildman–Crippen LogP) is 3.56. The van der Waals surface area contributed by atoms with Gasteiger partial charge in [-0.05, 0) is 56.1 Å². The van der Waals surface area contributed by atoms with E-state index in [2.05, 4.69) is 22.8 Å². The van der Waals surface area contributed by atoms with Crippen LogP contribution < -0.4 is 17.0 Å². The number of aryl methyl sites for hydroxylation is 2. The van der Waals surface area contributed by atoms with Gasteiger partial charge in [-0.15, -0.1) is 11.3 Å². The molecule has 1 aromatic carbocycles. The molecule has 0 saturated heterocycles. The standard InChI is InChI=1S/C25H22FN7O2S/c1-14-8-16(12-29)17(9-18(14)26)21-10-19-23(36-21)24(34)33(25(35)32(19)7-5-6-27)20(13-30-3)22(31-4)15(2)11-28/h8-11,13H,3,5,7,28H2,1-2,4H3/b15-11-,20-13+,31-22?. The molecule has 0 saturated carbocycles. The van der Waals surface area contributed by atoms with E-state index in [9.17, 15) is 19.2 Å². The van der Waals surface area contributed by atoms with Gasteiger partial charge in [-0.1, -0.05) is 0 Å². The van der Waals surface area contributed by atoms with Crippen LogP contribution in [0.5, 0.6) is 0 Å². The molecule has 36 heavy (non-hydrogen) atoms. The van der Waals surface area contributed by atoms with Crippen LogP contribution in [0.3, 0.4) is 0 Å². The highest BCUT2D eigenvalue weighted by Crippen LogP contribution is 2.35. The summed E-state index contributed by atoms with van der Waals surface area (Å²) >= 11 is 1.01. The van der Waals surface area contributed by atoms with Crippen LogP contribution in [0, 0.1) is 35.4 Å². The number of fused-ring (bicyclic) bond motifs is 1. The molecule has 11 heteroatoms. The molecule has 0 bridgehead atoms. The van der Waals surface area contributed by atoms with Gasteiger partial charge < -0.3 is 5.73 Å². The predicted molar refractivity (Wildman–Crippen MR) is 141 cm³/mol. The molecule has 3 rings (SSSR count). The molecular weight excluding hydrogens is 481 g/mol. The van der Waals surface area contributed by atoms with Crippen molar-refractivity contribution in [2.24, 2.45) is 15.7 Å². The number of hydrogen-bond donors (Lipinski definition) is 1. The van der Waals surface area contributed by atoms with E-state index in [1.54, 1.807) is 19.9 Å². The van der Waals surface area contributed by atoms with Crippen molar-refractivity contribution in [1.29, 1.82) is 10.5 Å². The quantitative estimate of drug-likeness (QED) is 0.491. The summed E-state index contributed by atoms with van der Waals surface area (Å²) in [5.41, 5.74) is 6.19. The Balaban J connectivity index is 2.48. The summed E-state index contributed by atoms with van der Waals surface area (Å²) in [7, 11) is 1.48. The number of hydrogen-bond acceptors (Lipinski definition) is 8. The first-order valence-corrected chi connectivity index (χ1v) is 11.4. The number of thiophene rings is 1. The fraction of sp³-hybridized carbons (Fsp3) is 0.200. The molecule has 0 aliphatic heterocycles. The van der Waals surface area contributed by atoms with E-state index in [0.29, 0.717) is 21.6 Å². The number of allylic oxidation sites excluding steroid dienone is 2. The molecule has 182 valence electrons. The highest BCUT2D eigenvalue weighted by Gasteiger charge is 2.23. The van der Waals surface area contributed by atoms with E-state index in [1.807, 2.05) is 6.07 Å². The first-order valence-electron chi connectivity index (χ1n) is 10.6. The van der Waals surface area contributed by atoms with Gasteiger partial charge in [-0.25, -0.2) is 13.8 Å². The van der Waals surface area contributed by atoms with Gasteiger partial charge in [-0.2, -0.15) is 10.5 Å². The molecule has 3 aromatic rings. The summed E-state index contributed by atoms with van der Waals surface area (Å²) in [6, 6.07) is 8.28. The van der Waals surface area contributed by atoms with Crippen molar-refractivity contribution in [3.63, 3.8) is 0 Å². The van der Waals surface area contributed by atoms with E-state index in [1.165, 1.54) is 36.1 Å². The van der Waals surface area contributed by atoms with Crippen molar-refractivity contribution >= 4 is 39.7 Å². The van der Waals surface area contributed by atoms with E-state index in [0.717, 1.165) is 15.9 Å². The first kappa shape index (κ1) is 26.0. The second kappa shape index (κ2) is 10.8. The lowest BCUT2D eigenvalue weighted by molar-refractivity contribution is 0.619. The van der Waals surface area contributed by atoms with Crippen LogP contribution >= 0.6 is 11.3 Å². The second-order valence-electron chi connectivity index (χ2n) is 7.69. The number of rotatable bonds is 7. The third kappa shape index (κ3) is 4.52. The van der Waals surface area contributed by atoms with Crippen LogP contribution in [0.4, 0.5) is 4.39 Å². The average Bonchev–Trinajstić information content (AvgIpc) is 3.31. The Labute approximate surface area is 209 Å². The Bertz CT molecular complexity index is 1670. The molecule has 0 amide bonds. The number of aliphatic imine (C=N–C) groups is 2. The first-order chi connectivity index (χ1) is 17.2. The number of benzene rings is 1. The van der Waals surface area contributed by atoms with Crippen molar-refractivity contribution in [2.45, 2.75) is 26.8 Å². The van der Waals surface area contributed by atoms with Gasteiger partial charge in [0.2, 0.25) is 0 Å². The zero-order chi connectivity index (χ0) is 26.6. The summed E-state index contributed by atoms with van der Waals surface area (Å²) in [5, 5.41) is 18.8. The summed E-state index contributed by atoms with van der Waals surface area (Å²) < 4.78 is 16.8. The van der Waals surface area contributed by atoms with Crippen LogP contribution in [0.2, 0.25) is 0 Å². The molecule has 2 aromatic heterocycles. The van der Waals surface area contributed by atoms with Crippen LogP contribution in [-0.2, 0) is 6.54 Å². The fourth-order valence-electron chi connectivity index (χ4n) is 3.73. The molecule has 0 aliphatic carbocycles. The summed E-state index contributed by atoms with van der Waals surface area (Å²) in [6.45, 7) is 6.64. The third-order valence-electron chi connectivity index (χ3n) is 5.50. The van der Waals surface area contributed by atoms with Crippen molar-refractivity contribution in [3.05, 3.63) is 74.0 Å². The minimum Gasteiger partial charge on any atom is -0.404 e. The van der Waals surface area contributed by atoms with E-state index in [4.69, 9.17) is 11.0 Å². The van der Waals surface area contributed by atoms with Crippen molar-refractivity contribution in [2.75, 3.05) is 7.05 Å². The maximum absolute atomic E-state index is 14.4. The molecule has 0 spiro atoms. The van der Waals surface area contributed by atoms with Gasteiger partial charge in [0, 0.05) is 24.0 Å². The topological polar surface area (TPSA) is 142 Å². The highest BCUT2D eigenvalue weighted by atomic mass is 32.1. The lowest BCUT2D eigenvalue weighted by Crippen LogP contribution is -2.40. The molecule has 0 radical (unpaired) electrons. The number of aromatic nitrogens is 2. The molecular formula is C25H22FN7O2S. The Hall–Kier alpha value is -4.61. The highest BCUT2D eigenvalue weighted by molar-refractivity contribution is 7.22. The summed E-state index contributed by atoms with van der Waals surface area (Å²) in [4.78, 5) is 35.7. The smallest absolute Gasteiger partial charge is 0.336 e. The normalized spacial score (nSPS) is 12.4. The monoisotopic (exact) mass is 503 g/mol. The van der Waals surface area contributed by atoms with E-state index >= 15 is 0 Å². The van der Waals surface area contributed by atoms with Crippen molar-refractivity contribution in [1.82, 2.24) is 9.13 Å². The molecule has 0 atom stereocenters. The van der Waals surface area contributed by atoms with Gasteiger partial charge in [0.05, 0.1) is 47.2 Å². The minimum absolute atomic E-state index is 0.00376. The Morgan fingerprint density at radius 2 is 2.03 bits per heavy atom. The maximum Gasteiger partial charge on any atom is 0.336 e. The van der Waals surface area contributed by atoms with Gasteiger partial charge in [0.15, 0.2) is 0 Å². The number of halogens is 1. The molecule has 0 fully saturated rings. The number of nitrogens with two attached hydrogens (primary N) is 1. The molecule has 9 nitrogen and oxygen atoms in total. The van der Waals surface area contributed by atoms with Gasteiger partial charge in [0.1, 0.15) is 10.5 Å². The zero-order valence-electron chi connectivity index (χ0n) is 19.9. The van der Waals surface area contributed by atoms with Gasteiger partial charge in [0.25, 0.3) is 5.56 Å². The maximum atomic E-state index is 14.4. The lowest BCUT2D eigenvalue weighted by atomic mass is 10.0. The van der Waals surface area contributed by atoms with Gasteiger partial charge in [-0.3, -0.25) is 19.3 Å². The molecule has 0 unspecified atom stereocenters. The fourth-order valence-corrected chi connectivity index (χ4v) is 4.85. The summed E-state index contributed by atoms with van der Waals surface area (Å²) in [6.07, 6.45) is 2.52. The Morgan fingerprint density at radius 1 is 1.31 bits per heavy atom. The summed E-state index contributed by atoms with van der Waals surface area (Å²) in [5.74, 6) is -0.504. The molecule has 2 heterocycles. The SMILES string of the molecule is C=N/C=C(\C(=NC)/C(C)=C\N)n1c(=O)c2sc(-c3cc(F)c(C)cc3C#N)cc2n(CCC#N)c1=O. The van der Waals surface area contributed by atoms with Gasteiger partial charge >= 0.3 is 5.69 Å². The van der Waals surface area contributed by atoms with Crippen LogP contribution in [0.25, 0.3) is 26.4 Å². The zero-order valence-corrected chi connectivity index (χ0v) is 20.7. The Morgan fingerprint density at radius 3 is 2.61 bits per heavy atom. The van der Waals surface area contributed by atoms with Crippen LogP contribution in [0.15, 0.2) is 55.7 Å². The second-order valence-corrected chi connectivity index (χ2v) is 8.74. The van der Waals surface area contributed by atoms with Crippen LogP contribution in [0.1, 0.15) is 24.5 Å². The average molecular weight is 504 g/mol. The largest absolute Gasteiger partial charge is 0.404 e. The van der Waals surface area contributed by atoms with Crippen molar-refractivity contribution in [3.8, 4) is 22.6 Å². The Kier molecular flexibility index (Phi) is 7.77. The third-order valence-corrected chi connectivity index (χ3v) is 6.64. The van der Waals surface area contributed by atoms with Crippen LogP contribution in [-0.4, -0.2) is 28.6 Å². The number of nitriles is 2. The lowest BCUT2D eigenvalue weighted by Gasteiger charge is -2.15. The van der Waals surface area contributed by atoms with E-state index in [-0.39, 0.29) is 40.2 Å². The minimum atomic E-state index is -0.719. The van der Waals surface area contributed by atoms with Crippen molar-refractivity contribution < 1.29 is 4.39 Å². The number of nitrogens with zero attached hydrogens (tertiary/aromatic N) is 6.